The molecule has 0 bridgehead atoms. The van der Waals surface area contributed by atoms with Crippen LogP contribution in [0.4, 0.5) is 46.5 Å². The highest BCUT2D eigenvalue weighted by Gasteiger charge is 2.40. The van der Waals surface area contributed by atoms with Crippen LogP contribution in [0.25, 0.3) is 46.6 Å². The largest absolute Gasteiger partial charge is 0.389 e. The number of aryl methyl sites for hydroxylation is 1. The molecule has 42 heteroatoms. The lowest BCUT2D eigenvalue weighted by atomic mass is 9.95. The lowest BCUT2D eigenvalue weighted by molar-refractivity contribution is 0.0652. The molecule has 798 valence electrons. The van der Waals surface area contributed by atoms with Crippen LogP contribution in [0, 0.1) is 24.8 Å². The number of alkyl halides is 4. The van der Waals surface area contributed by atoms with Gasteiger partial charge in [0, 0.05) is 150 Å². The highest BCUT2D eigenvalue weighted by molar-refractivity contribution is 7.18. The van der Waals surface area contributed by atoms with Gasteiger partial charge in [0.15, 0.2) is 20.0 Å². The Labute approximate surface area is 878 Å². The van der Waals surface area contributed by atoms with Gasteiger partial charge in [0.05, 0.1) is 54.0 Å². The molecule has 148 heavy (non-hydrogen) atoms. The number of rotatable bonds is 29. The van der Waals surface area contributed by atoms with Crippen molar-refractivity contribution in [1.82, 2.24) is 80.7 Å². The summed E-state index contributed by atoms with van der Waals surface area (Å²) in [5.74, 6) is -0.154. The predicted octanol–water partition coefficient (Wildman–Crippen LogP) is 17.7. The molecule has 12 heterocycles. The fourth-order valence-corrected chi connectivity index (χ4v) is 23.0. The number of nitriles is 1. The fraction of sp³-hybridized carbons (Fsp3) is 0.604. The van der Waals surface area contributed by atoms with Crippen molar-refractivity contribution >= 4 is 122 Å². The number of aliphatic hydroxyl groups is 4. The Hall–Kier alpha value is -11.4. The van der Waals surface area contributed by atoms with Gasteiger partial charge in [-0.05, 0) is 219 Å². The fourth-order valence-electron chi connectivity index (χ4n) is 19.0. The van der Waals surface area contributed by atoms with Crippen molar-refractivity contribution in [2.75, 3.05) is 99.8 Å². The van der Waals surface area contributed by atoms with Gasteiger partial charge in [-0.15, -0.1) is 45.3 Å². The Bertz CT molecular complexity index is 6040. The number of anilines is 4. The molecule has 0 atom stereocenters. The van der Waals surface area contributed by atoms with Crippen LogP contribution in [0.15, 0.2) is 49.1 Å². The Kier molecular flexibility index (Phi) is 38.6. The number of likely N-dealkylation sites (tertiary alicyclic amines) is 4. The zero-order valence-corrected chi connectivity index (χ0v) is 89.2. The van der Waals surface area contributed by atoms with E-state index in [0.29, 0.717) is 129 Å². The number of hydrogen-bond acceptors (Lipinski definition) is 29. The van der Waals surface area contributed by atoms with Gasteiger partial charge in [-0.2, -0.15) is 5.26 Å². The third-order valence-electron chi connectivity index (χ3n) is 27.6. The maximum atomic E-state index is 13.8. The van der Waals surface area contributed by atoms with E-state index in [1.807, 2.05) is 19.2 Å². The van der Waals surface area contributed by atoms with Crippen molar-refractivity contribution in [1.29, 1.82) is 5.26 Å². The van der Waals surface area contributed by atoms with Crippen LogP contribution in [-0.4, -0.2) is 277 Å². The van der Waals surface area contributed by atoms with Crippen molar-refractivity contribution in [2.24, 2.45) is 0 Å². The summed E-state index contributed by atoms with van der Waals surface area (Å²) in [6, 6.07) is 11.0. The Morgan fingerprint density at radius 1 is 0.385 bits per heavy atom. The van der Waals surface area contributed by atoms with Crippen molar-refractivity contribution in [2.45, 2.75) is 332 Å². The van der Waals surface area contributed by atoms with Gasteiger partial charge in [-0.3, -0.25) is 38.4 Å². The summed E-state index contributed by atoms with van der Waals surface area (Å²) in [7, 11) is 0. The summed E-state index contributed by atoms with van der Waals surface area (Å²) in [5.41, 5.74) is 1.36. The number of amides is 8. The molecule has 8 aromatic heterocycles. The number of carbonyl (C=O) groups excluding carboxylic acids is 8. The van der Waals surface area contributed by atoms with Crippen LogP contribution in [-0.2, 0) is 0 Å². The van der Waals surface area contributed by atoms with E-state index in [4.69, 9.17) is 11.6 Å². The smallest absolute Gasteiger partial charge is 0.280 e. The van der Waals surface area contributed by atoms with Gasteiger partial charge in [-0.25, -0.2) is 62.3 Å². The number of halogens is 4. The number of thiazole rings is 4. The molecule has 12 N–H and O–H groups in total. The van der Waals surface area contributed by atoms with Crippen LogP contribution in [0.3, 0.4) is 0 Å². The normalized spacial score (nSPS) is 18.0. The molecule has 4 aliphatic heterocycles. The van der Waals surface area contributed by atoms with Crippen molar-refractivity contribution in [3.8, 4) is 47.8 Å². The van der Waals surface area contributed by atoms with Crippen LogP contribution in [0.2, 0.25) is 0 Å². The number of hydrogen-bond donors (Lipinski definition) is 12. The van der Waals surface area contributed by atoms with E-state index in [1.165, 1.54) is 67.6 Å². The molecular formula is C106H140F4N22O12S4. The van der Waals surface area contributed by atoms with Crippen LogP contribution in [0.1, 0.15) is 352 Å². The summed E-state index contributed by atoms with van der Waals surface area (Å²) in [6.45, 7) is 24.9. The quantitative estimate of drug-likeness (QED) is 0.0153. The molecule has 0 spiro atoms. The molecule has 5 aliphatic carbocycles. The van der Waals surface area contributed by atoms with E-state index in [2.05, 4.69) is 94.4 Å². The highest BCUT2D eigenvalue weighted by Crippen LogP contribution is 2.48. The van der Waals surface area contributed by atoms with E-state index < -0.39 is 76.6 Å². The monoisotopic (exact) mass is 2120 g/mol. The van der Waals surface area contributed by atoms with Crippen LogP contribution in [0.5, 0.6) is 0 Å². The summed E-state index contributed by atoms with van der Waals surface area (Å²) >= 11 is 4.35. The summed E-state index contributed by atoms with van der Waals surface area (Å²) < 4.78 is 54.8. The van der Waals surface area contributed by atoms with Gasteiger partial charge < -0.3 is 82.6 Å². The topological polar surface area (TPSA) is 458 Å². The summed E-state index contributed by atoms with van der Waals surface area (Å²) in [4.78, 5) is 153. The Morgan fingerprint density at radius 2 is 0.676 bits per heavy atom. The molecule has 9 aliphatic rings. The van der Waals surface area contributed by atoms with Gasteiger partial charge in [0.25, 0.3) is 47.3 Å². The number of nitrogens with one attached hydrogen (secondary N) is 8. The molecule has 0 unspecified atom stereocenters. The summed E-state index contributed by atoms with van der Waals surface area (Å²) in [5, 5.41) is 74.8. The van der Waals surface area contributed by atoms with E-state index in [0.717, 1.165) is 158 Å². The maximum absolute atomic E-state index is 13.8. The zero-order valence-electron chi connectivity index (χ0n) is 86.0. The lowest BCUT2D eigenvalue weighted by Crippen LogP contribution is -2.39. The molecule has 8 amide bonds. The summed E-state index contributed by atoms with van der Waals surface area (Å²) in [6.07, 6.45) is 30.6. The lowest BCUT2D eigenvalue weighted by Gasteiger charge is -2.28. The second kappa shape index (κ2) is 51.0. The van der Waals surface area contributed by atoms with Gasteiger partial charge in [0.2, 0.25) is 5.69 Å². The maximum Gasteiger partial charge on any atom is 0.280 e. The van der Waals surface area contributed by atoms with E-state index in [9.17, 15) is 81.6 Å². The molecular weight excluding hydrogens is 1980 g/mol. The Morgan fingerprint density at radius 3 is 0.993 bits per heavy atom. The van der Waals surface area contributed by atoms with Crippen LogP contribution >= 0.6 is 45.3 Å². The standard InChI is InChI=1S/C28H38FN5O3S.2C26H33FN6O3S.C26H36FN5O3S/c1-28(2,37)16-31-25(35)26-33-23(27(36)34-12-10-18(29)11-13-34)24(38-26)21-15-30-22(14-20(21)17-8-9-17)32-19-6-4-3-5-7-19;1-26(2,36)15-30-23(34)24-32-21(25(35)33-11-9-16(27)10-12-33)22(37-24)18-14-29-20(13-19(18)28-3)31-17-7-5-4-6-8-17;1-26(2,36)15-30-23(34)24-32-20(25(35)33-10-8-18(27)9-11-33)21(37-24)17-12-16(13-28)22(29-14-17)31-19-6-4-3-5-7-19;1-16-13-20(30-18-7-5-4-6-8-18)28-14-19(16)22-21(25(34)32-11-9-17(27)10-12-32)31-24(36-22)23(33)29-15-26(2,3)35/h14-15,17-19,37H,3-13,16H2,1-2H3,(H,30,32)(H,31,35);13-14,16-17,36H,4-12,15H2,1-2H3,(H,29,31)(H,30,34);12,14,18-19,36H,3-11,15H2,1-2H3,(H,29,31)(H,30,34);13-14,17-18,35H,4-12,15H2,1-3H3,(H,28,30)(H,29,33). The number of piperidine rings is 4. The predicted molar refractivity (Wildman–Crippen MR) is 566 cm³/mol. The molecule has 4 saturated heterocycles. The first kappa shape index (κ1) is 112. The second-order valence-corrected chi connectivity index (χ2v) is 46.8. The first-order chi connectivity index (χ1) is 70.6. The van der Waals surface area contributed by atoms with Gasteiger partial charge in [0.1, 0.15) is 76.8 Å². The van der Waals surface area contributed by atoms with Crippen molar-refractivity contribution < 1.29 is 76.3 Å². The molecule has 0 aromatic carbocycles. The van der Waals surface area contributed by atoms with E-state index in [1.54, 1.807) is 101 Å². The number of carbonyl (C=O) groups is 8. The minimum Gasteiger partial charge on any atom is -0.389 e. The molecule has 17 rings (SSSR count). The van der Waals surface area contributed by atoms with E-state index >= 15 is 0 Å². The highest BCUT2D eigenvalue weighted by atomic mass is 32.1. The molecule has 9 fully saturated rings. The van der Waals surface area contributed by atoms with Gasteiger partial charge in [-0.1, -0.05) is 77.0 Å². The number of pyridine rings is 4. The molecule has 0 radical (unpaired) electrons. The molecule has 5 saturated carbocycles. The average Bonchev–Trinajstić information content (AvgIpc) is 1.64. The second-order valence-electron chi connectivity index (χ2n) is 42.8. The zero-order chi connectivity index (χ0) is 106. The SMILES string of the molecule is CC(C)(O)CNC(=O)c1nc(C(=O)N2CCC(F)CC2)c(-c2cnc(NC3CCCCC3)c(C#N)c2)s1.CC(C)(O)CNC(=O)c1nc(C(=O)N2CCC(F)CC2)c(-c2cnc(NC3CCCCC3)cc2C2CC2)s1.Cc1cc(NC2CCCCC2)ncc1-c1sc(C(=O)NCC(C)(C)O)nc1C(=O)N1CCC(F)CC1.[C-]#[N+]c1cc(NC2CCCCC2)ncc1-c1sc(C(=O)NCC(C)(C)O)nc1C(=O)N1CCC(F)CC1. The average molecular weight is 2120 g/mol. The first-order valence-electron chi connectivity index (χ1n) is 52.2. The number of nitrogens with zero attached hydrogens (tertiary/aromatic N) is 14. The first-order valence-corrected chi connectivity index (χ1v) is 55.4. The minimum absolute atomic E-state index is 0.00440. The minimum atomic E-state index is -1.12. The number of aromatic nitrogens is 8. The van der Waals surface area contributed by atoms with Gasteiger partial charge >= 0.3 is 0 Å². The van der Waals surface area contributed by atoms with E-state index in [-0.39, 0.29) is 145 Å². The van der Waals surface area contributed by atoms with Crippen molar-refractivity contribution in [3.63, 3.8) is 0 Å². The molecule has 34 nitrogen and oxygen atoms in total. The van der Waals surface area contributed by atoms with Crippen LogP contribution < -0.4 is 42.5 Å². The third kappa shape index (κ3) is 31.6. The molecule has 8 aromatic rings. The third-order valence-corrected chi connectivity index (χ3v) is 31.9. The van der Waals surface area contributed by atoms with Crippen molar-refractivity contribution in [3.05, 3.63) is 120 Å². The Balaban J connectivity index is 0.000000156.